The van der Waals surface area contributed by atoms with Crippen LogP contribution in [-0.2, 0) is 7.05 Å². The second-order valence-corrected chi connectivity index (χ2v) is 7.24. The molecule has 0 aliphatic rings. The molecule has 0 atom stereocenters. The van der Waals surface area contributed by atoms with E-state index in [1.807, 2.05) is 35.9 Å². The lowest BCUT2D eigenvalue weighted by molar-refractivity contribution is 0.488. The summed E-state index contributed by atoms with van der Waals surface area (Å²) in [5, 5.41) is 12.2. The van der Waals surface area contributed by atoms with Crippen molar-refractivity contribution in [3.63, 3.8) is 0 Å². The predicted octanol–water partition coefficient (Wildman–Crippen LogP) is 5.69. The van der Waals surface area contributed by atoms with Gasteiger partial charge in [0.05, 0.1) is 27.6 Å². The van der Waals surface area contributed by atoms with Crippen molar-refractivity contribution in [3.8, 4) is 11.5 Å². The van der Waals surface area contributed by atoms with Crippen LogP contribution in [0.2, 0.25) is 10.2 Å². The average Bonchev–Trinajstić information content (AvgIpc) is 3.30. The van der Waals surface area contributed by atoms with E-state index < -0.39 is 0 Å². The number of hydrogen-bond donors (Lipinski definition) is 2. The highest BCUT2D eigenvalue weighted by molar-refractivity contribution is 6.32. The van der Waals surface area contributed by atoms with E-state index in [-0.39, 0.29) is 0 Å². The van der Waals surface area contributed by atoms with E-state index in [1.165, 1.54) is 6.33 Å². The molecule has 2 N–H and O–H groups in total. The molecule has 0 radical (unpaired) electrons. The molecule has 5 aromatic rings. The topological polar surface area (TPSA) is 80.6 Å². The quantitative estimate of drug-likeness (QED) is 0.387. The minimum atomic E-state index is 0.464. The van der Waals surface area contributed by atoms with Crippen molar-refractivity contribution >= 4 is 56.6 Å². The molecule has 0 aliphatic carbocycles. The largest absolute Gasteiger partial charge is 0.455 e. The Labute approximate surface area is 175 Å². The highest BCUT2D eigenvalue weighted by Gasteiger charge is 2.13. The second-order valence-electron chi connectivity index (χ2n) is 6.44. The smallest absolute Gasteiger partial charge is 0.158 e. The van der Waals surface area contributed by atoms with Crippen LogP contribution in [0.1, 0.15) is 0 Å². The van der Waals surface area contributed by atoms with Crippen molar-refractivity contribution in [1.29, 1.82) is 0 Å². The number of aromatic amines is 1. The van der Waals surface area contributed by atoms with Gasteiger partial charge in [-0.2, -0.15) is 5.10 Å². The third-order valence-electron chi connectivity index (χ3n) is 4.62. The lowest BCUT2D eigenvalue weighted by Gasteiger charge is -2.12. The zero-order valence-electron chi connectivity index (χ0n) is 15.1. The van der Waals surface area contributed by atoms with Gasteiger partial charge in [-0.3, -0.25) is 5.10 Å². The van der Waals surface area contributed by atoms with E-state index in [0.717, 1.165) is 27.6 Å². The standard InChI is InChI=1S/C20H14Cl2N6O/c1-28-18(22)8-15-19(28)20(24-10-23-15)26-11-5-6-17(13(21)7-11)29-16-4-2-3-14-12(16)9-25-27-14/h2-10H,1H3,(H,25,27)(H,23,24,26). The van der Waals surface area contributed by atoms with Crippen LogP contribution in [0.15, 0.2) is 55.0 Å². The zero-order chi connectivity index (χ0) is 20.0. The van der Waals surface area contributed by atoms with Gasteiger partial charge < -0.3 is 14.6 Å². The van der Waals surface area contributed by atoms with Gasteiger partial charge in [0.1, 0.15) is 28.5 Å². The fourth-order valence-electron chi connectivity index (χ4n) is 3.18. The number of nitrogens with zero attached hydrogens (tertiary/aromatic N) is 4. The molecule has 3 aromatic heterocycles. The van der Waals surface area contributed by atoms with Crippen molar-refractivity contribution in [2.45, 2.75) is 0 Å². The van der Waals surface area contributed by atoms with Gasteiger partial charge in [-0.15, -0.1) is 0 Å². The van der Waals surface area contributed by atoms with Gasteiger partial charge in [0.15, 0.2) is 5.82 Å². The van der Waals surface area contributed by atoms with E-state index in [9.17, 15) is 0 Å². The maximum Gasteiger partial charge on any atom is 0.158 e. The molecular weight excluding hydrogens is 411 g/mol. The summed E-state index contributed by atoms with van der Waals surface area (Å²) in [5.74, 6) is 1.85. The fraction of sp³-hybridized carbons (Fsp3) is 0.0500. The molecule has 29 heavy (non-hydrogen) atoms. The first-order valence-corrected chi connectivity index (χ1v) is 9.48. The van der Waals surface area contributed by atoms with Gasteiger partial charge in [-0.1, -0.05) is 29.3 Å². The number of aryl methyl sites for hydroxylation is 1. The van der Waals surface area contributed by atoms with Gasteiger partial charge in [-0.25, -0.2) is 9.97 Å². The molecule has 0 spiro atoms. The third-order valence-corrected chi connectivity index (χ3v) is 5.28. The summed E-state index contributed by atoms with van der Waals surface area (Å²) >= 11 is 12.7. The Bertz CT molecular complexity index is 1360. The average molecular weight is 425 g/mol. The third kappa shape index (κ3) is 3.14. The van der Waals surface area contributed by atoms with Gasteiger partial charge in [0.2, 0.25) is 0 Å². The Morgan fingerprint density at radius 1 is 1.07 bits per heavy atom. The number of ether oxygens (including phenoxy) is 1. The molecule has 7 nitrogen and oxygen atoms in total. The van der Waals surface area contributed by atoms with Crippen LogP contribution in [0.5, 0.6) is 11.5 Å². The van der Waals surface area contributed by atoms with Crippen LogP contribution in [0, 0.1) is 0 Å². The van der Waals surface area contributed by atoms with Crippen molar-refractivity contribution in [3.05, 3.63) is 65.2 Å². The summed E-state index contributed by atoms with van der Waals surface area (Å²) in [7, 11) is 1.86. The first-order chi connectivity index (χ1) is 14.1. The number of halogens is 2. The lowest BCUT2D eigenvalue weighted by Crippen LogP contribution is -1.99. The van der Waals surface area contributed by atoms with Crippen LogP contribution < -0.4 is 10.1 Å². The highest BCUT2D eigenvalue weighted by Crippen LogP contribution is 2.36. The maximum atomic E-state index is 6.48. The fourth-order valence-corrected chi connectivity index (χ4v) is 3.59. The number of H-pyrrole nitrogens is 1. The molecule has 3 heterocycles. The summed E-state index contributed by atoms with van der Waals surface area (Å²) in [5.41, 5.74) is 3.22. The van der Waals surface area contributed by atoms with Crippen LogP contribution in [0.25, 0.3) is 21.9 Å². The lowest BCUT2D eigenvalue weighted by atomic mass is 10.2. The van der Waals surface area contributed by atoms with E-state index >= 15 is 0 Å². The van der Waals surface area contributed by atoms with E-state index in [4.69, 9.17) is 27.9 Å². The molecular formula is C20H14Cl2N6O. The van der Waals surface area contributed by atoms with Crippen LogP contribution >= 0.6 is 23.2 Å². The van der Waals surface area contributed by atoms with Crippen LogP contribution in [-0.4, -0.2) is 24.7 Å². The van der Waals surface area contributed by atoms with Crippen LogP contribution in [0.3, 0.4) is 0 Å². The molecule has 5 rings (SSSR count). The summed E-state index contributed by atoms with van der Waals surface area (Å²) in [6.07, 6.45) is 3.21. The van der Waals surface area contributed by atoms with Gasteiger partial charge in [0.25, 0.3) is 0 Å². The van der Waals surface area contributed by atoms with Crippen molar-refractivity contribution in [2.24, 2.45) is 7.05 Å². The number of aromatic nitrogens is 5. The van der Waals surface area contributed by atoms with Gasteiger partial charge >= 0.3 is 0 Å². The number of benzene rings is 2. The van der Waals surface area contributed by atoms with E-state index in [0.29, 0.717) is 27.5 Å². The summed E-state index contributed by atoms with van der Waals surface area (Å²) in [6, 6.07) is 13.0. The monoisotopic (exact) mass is 424 g/mol. The number of anilines is 2. The number of fused-ring (bicyclic) bond motifs is 2. The van der Waals surface area contributed by atoms with Gasteiger partial charge in [-0.05, 0) is 30.3 Å². The Kier molecular flexibility index (Phi) is 4.26. The second kappa shape index (κ2) is 6.95. The molecule has 0 saturated carbocycles. The number of hydrogen-bond acceptors (Lipinski definition) is 5. The molecule has 0 unspecified atom stereocenters. The molecule has 144 valence electrons. The zero-order valence-corrected chi connectivity index (χ0v) is 16.7. The Morgan fingerprint density at radius 3 is 2.83 bits per heavy atom. The van der Waals surface area contributed by atoms with Crippen molar-refractivity contribution in [1.82, 2.24) is 24.7 Å². The predicted molar refractivity (Wildman–Crippen MR) is 114 cm³/mol. The van der Waals surface area contributed by atoms with E-state index in [1.54, 1.807) is 24.4 Å². The summed E-state index contributed by atoms with van der Waals surface area (Å²) in [6.45, 7) is 0. The molecule has 0 bridgehead atoms. The number of rotatable bonds is 4. The van der Waals surface area contributed by atoms with Crippen molar-refractivity contribution < 1.29 is 4.74 Å². The highest BCUT2D eigenvalue weighted by atomic mass is 35.5. The minimum Gasteiger partial charge on any atom is -0.455 e. The first-order valence-electron chi connectivity index (χ1n) is 8.72. The van der Waals surface area contributed by atoms with Crippen molar-refractivity contribution in [2.75, 3.05) is 5.32 Å². The Hall–Kier alpha value is -3.29. The minimum absolute atomic E-state index is 0.464. The first kappa shape index (κ1) is 17.8. The Morgan fingerprint density at radius 2 is 1.97 bits per heavy atom. The van der Waals surface area contributed by atoms with E-state index in [2.05, 4.69) is 25.5 Å². The number of nitrogens with one attached hydrogen (secondary N) is 2. The molecule has 0 amide bonds. The summed E-state index contributed by atoms with van der Waals surface area (Å²) in [4.78, 5) is 8.59. The normalized spacial score (nSPS) is 11.3. The maximum absolute atomic E-state index is 6.48. The molecule has 9 heteroatoms. The SMILES string of the molecule is Cn1c(Cl)cc2ncnc(Nc3ccc(Oc4cccc5[nH]ncc45)c(Cl)c3)c21. The van der Waals surface area contributed by atoms with Crippen LogP contribution in [0.4, 0.5) is 11.5 Å². The molecule has 0 fully saturated rings. The van der Waals surface area contributed by atoms with Gasteiger partial charge in [0, 0.05) is 18.8 Å². The molecule has 0 saturated heterocycles. The molecule has 2 aromatic carbocycles. The Balaban J connectivity index is 1.45. The summed E-state index contributed by atoms with van der Waals surface area (Å²) < 4.78 is 7.84. The molecule has 0 aliphatic heterocycles.